The van der Waals surface area contributed by atoms with Crippen molar-refractivity contribution in [2.45, 2.75) is 33.0 Å². The molecular formula is C22H26O4. The molecule has 2 rings (SSSR count). The van der Waals surface area contributed by atoms with Crippen molar-refractivity contribution in [3.8, 4) is 5.75 Å². The maximum atomic E-state index is 11.5. The Morgan fingerprint density at radius 2 is 1.88 bits per heavy atom. The van der Waals surface area contributed by atoms with Gasteiger partial charge >= 0.3 is 5.97 Å². The predicted molar refractivity (Wildman–Crippen MR) is 103 cm³/mol. The zero-order valence-corrected chi connectivity index (χ0v) is 15.6. The van der Waals surface area contributed by atoms with Crippen molar-refractivity contribution in [2.24, 2.45) is 5.92 Å². The number of benzene rings is 1. The third-order valence-corrected chi connectivity index (χ3v) is 4.21. The van der Waals surface area contributed by atoms with Gasteiger partial charge in [0, 0.05) is 11.5 Å². The van der Waals surface area contributed by atoms with Crippen molar-refractivity contribution in [3.05, 3.63) is 77.9 Å². The third kappa shape index (κ3) is 5.20. The van der Waals surface area contributed by atoms with E-state index < -0.39 is 6.29 Å². The number of hydrogen-bond acceptors (Lipinski definition) is 4. The van der Waals surface area contributed by atoms with E-state index >= 15 is 0 Å². The molecule has 0 saturated carbocycles. The summed E-state index contributed by atoms with van der Waals surface area (Å²) in [5.41, 5.74) is 3.09. The van der Waals surface area contributed by atoms with E-state index in [-0.39, 0.29) is 24.4 Å². The van der Waals surface area contributed by atoms with E-state index in [4.69, 9.17) is 9.47 Å². The van der Waals surface area contributed by atoms with Gasteiger partial charge in [-0.3, -0.25) is 0 Å². The summed E-state index contributed by atoms with van der Waals surface area (Å²) in [6, 6.07) is 7.67. The largest absolute Gasteiger partial charge is 0.461 e. The first kappa shape index (κ1) is 19.7. The molecule has 0 bridgehead atoms. The highest BCUT2D eigenvalue weighted by Crippen LogP contribution is 2.33. The van der Waals surface area contributed by atoms with E-state index in [0.717, 1.165) is 11.1 Å². The van der Waals surface area contributed by atoms with Gasteiger partial charge in [0.05, 0.1) is 0 Å². The molecule has 0 heterocycles. The van der Waals surface area contributed by atoms with Crippen molar-refractivity contribution >= 4 is 5.97 Å². The lowest BCUT2D eigenvalue weighted by molar-refractivity contribution is -0.137. The number of hydrogen-bond donors (Lipinski definition) is 1. The van der Waals surface area contributed by atoms with Crippen molar-refractivity contribution in [1.29, 1.82) is 0 Å². The summed E-state index contributed by atoms with van der Waals surface area (Å²) in [6.45, 7) is 13.0. The highest BCUT2D eigenvalue weighted by atomic mass is 16.6. The highest BCUT2D eigenvalue weighted by molar-refractivity contribution is 5.87. The molecule has 1 aromatic carbocycles. The molecular weight excluding hydrogens is 328 g/mol. The fourth-order valence-corrected chi connectivity index (χ4v) is 2.68. The number of aliphatic hydroxyl groups is 1. The quantitative estimate of drug-likeness (QED) is 0.343. The van der Waals surface area contributed by atoms with E-state index in [1.54, 1.807) is 13.8 Å². The third-order valence-electron chi connectivity index (χ3n) is 4.21. The van der Waals surface area contributed by atoms with Gasteiger partial charge in [-0.05, 0) is 48.6 Å². The molecule has 1 aliphatic rings. The SMILES string of the molecule is C=C(C)C(=O)OCC1=CC(C)C(c2ccc(OC(O)C(=C)C)cc2)C=C1. The summed E-state index contributed by atoms with van der Waals surface area (Å²) in [4.78, 5) is 11.5. The van der Waals surface area contributed by atoms with Gasteiger partial charge in [-0.25, -0.2) is 4.79 Å². The first-order chi connectivity index (χ1) is 12.3. The van der Waals surface area contributed by atoms with Crippen LogP contribution < -0.4 is 4.74 Å². The van der Waals surface area contributed by atoms with Gasteiger partial charge in [0.25, 0.3) is 0 Å². The van der Waals surface area contributed by atoms with Crippen LogP contribution in [0.5, 0.6) is 5.75 Å². The van der Waals surface area contributed by atoms with Crippen molar-refractivity contribution in [3.63, 3.8) is 0 Å². The fourth-order valence-electron chi connectivity index (χ4n) is 2.68. The Morgan fingerprint density at radius 1 is 1.23 bits per heavy atom. The average Bonchev–Trinajstić information content (AvgIpc) is 2.60. The van der Waals surface area contributed by atoms with Gasteiger partial charge in [-0.2, -0.15) is 0 Å². The second-order valence-corrected chi connectivity index (χ2v) is 6.73. The van der Waals surface area contributed by atoms with E-state index in [2.05, 4.69) is 32.2 Å². The van der Waals surface area contributed by atoms with Crippen LogP contribution in [0.3, 0.4) is 0 Å². The van der Waals surface area contributed by atoms with Crippen molar-refractivity contribution < 1.29 is 19.4 Å². The van der Waals surface area contributed by atoms with Crippen LogP contribution in [-0.4, -0.2) is 24.0 Å². The van der Waals surface area contributed by atoms with E-state index in [1.165, 1.54) is 0 Å². The molecule has 1 N–H and O–H groups in total. The highest BCUT2D eigenvalue weighted by Gasteiger charge is 2.19. The number of carbonyl (C=O) groups excluding carboxylic acids is 1. The van der Waals surface area contributed by atoms with Crippen molar-refractivity contribution in [2.75, 3.05) is 6.61 Å². The fraction of sp³-hybridized carbons (Fsp3) is 0.318. The second kappa shape index (κ2) is 8.68. The first-order valence-electron chi connectivity index (χ1n) is 8.59. The second-order valence-electron chi connectivity index (χ2n) is 6.73. The maximum Gasteiger partial charge on any atom is 0.333 e. The zero-order valence-electron chi connectivity index (χ0n) is 15.6. The number of ether oxygens (including phenoxy) is 2. The Bertz CT molecular complexity index is 740. The lowest BCUT2D eigenvalue weighted by atomic mass is 9.82. The number of esters is 1. The number of carbonyl (C=O) groups is 1. The van der Waals surface area contributed by atoms with Gasteiger partial charge in [0.15, 0.2) is 0 Å². The van der Waals surface area contributed by atoms with E-state index in [0.29, 0.717) is 16.9 Å². The van der Waals surface area contributed by atoms with E-state index in [1.807, 2.05) is 30.3 Å². The molecule has 0 aliphatic heterocycles. The molecule has 0 radical (unpaired) electrons. The lowest BCUT2D eigenvalue weighted by Gasteiger charge is -2.24. The number of aliphatic hydroxyl groups excluding tert-OH is 1. The van der Waals surface area contributed by atoms with Gasteiger partial charge in [-0.1, -0.05) is 50.4 Å². The molecule has 3 atom stereocenters. The van der Waals surface area contributed by atoms with E-state index in [9.17, 15) is 9.90 Å². The molecule has 3 unspecified atom stereocenters. The molecule has 0 saturated heterocycles. The van der Waals surface area contributed by atoms with Crippen LogP contribution in [0.15, 0.2) is 72.4 Å². The van der Waals surface area contributed by atoms with Crippen molar-refractivity contribution in [1.82, 2.24) is 0 Å². The monoisotopic (exact) mass is 354 g/mol. The lowest BCUT2D eigenvalue weighted by Crippen LogP contribution is -2.16. The summed E-state index contributed by atoms with van der Waals surface area (Å²) in [5, 5.41) is 9.71. The van der Waals surface area contributed by atoms with Crippen LogP contribution in [0, 0.1) is 5.92 Å². The molecule has 0 amide bonds. The molecule has 0 aromatic heterocycles. The summed E-state index contributed by atoms with van der Waals surface area (Å²) >= 11 is 0. The maximum absolute atomic E-state index is 11.5. The molecule has 138 valence electrons. The molecule has 4 heteroatoms. The molecule has 1 aliphatic carbocycles. The predicted octanol–water partition coefficient (Wildman–Crippen LogP) is 4.30. The smallest absolute Gasteiger partial charge is 0.333 e. The van der Waals surface area contributed by atoms with Crippen LogP contribution >= 0.6 is 0 Å². The summed E-state index contributed by atoms with van der Waals surface area (Å²) in [6.07, 6.45) is 5.23. The van der Waals surface area contributed by atoms with Gasteiger partial charge in [0.2, 0.25) is 6.29 Å². The standard InChI is InChI=1S/C22H26O4/c1-14(2)21(23)25-13-17-6-11-20(16(5)12-17)18-7-9-19(10-8-18)26-22(24)15(3)4/h6-12,16,20,22,24H,1,3,13H2,2,4-5H3. The summed E-state index contributed by atoms with van der Waals surface area (Å²) in [5.74, 6) is 0.725. The number of allylic oxidation sites excluding steroid dienone is 2. The minimum atomic E-state index is -0.998. The van der Waals surface area contributed by atoms with Crippen LogP contribution in [0.1, 0.15) is 32.3 Å². The number of rotatable bonds is 7. The minimum Gasteiger partial charge on any atom is -0.461 e. The zero-order chi connectivity index (χ0) is 19.3. The molecule has 26 heavy (non-hydrogen) atoms. The Morgan fingerprint density at radius 3 is 2.42 bits per heavy atom. The van der Waals surface area contributed by atoms with Crippen LogP contribution in [-0.2, 0) is 9.53 Å². The molecule has 4 nitrogen and oxygen atoms in total. The Kier molecular flexibility index (Phi) is 6.58. The Hall–Kier alpha value is -2.59. The average molecular weight is 354 g/mol. The Labute approximate surface area is 155 Å². The minimum absolute atomic E-state index is 0.232. The summed E-state index contributed by atoms with van der Waals surface area (Å²) < 4.78 is 10.6. The summed E-state index contributed by atoms with van der Waals surface area (Å²) in [7, 11) is 0. The Balaban J connectivity index is 1.99. The van der Waals surface area contributed by atoms with Gasteiger partial charge < -0.3 is 14.6 Å². The van der Waals surface area contributed by atoms with Crippen LogP contribution in [0.25, 0.3) is 0 Å². The molecule has 1 aromatic rings. The van der Waals surface area contributed by atoms with Gasteiger partial charge in [0.1, 0.15) is 12.4 Å². The molecule has 0 spiro atoms. The van der Waals surface area contributed by atoms with Crippen LogP contribution in [0.4, 0.5) is 0 Å². The van der Waals surface area contributed by atoms with Crippen LogP contribution in [0.2, 0.25) is 0 Å². The molecule has 0 fully saturated rings. The first-order valence-corrected chi connectivity index (χ1v) is 8.59. The van der Waals surface area contributed by atoms with Gasteiger partial charge in [-0.15, -0.1) is 0 Å². The topological polar surface area (TPSA) is 55.8 Å². The normalized spacial score (nSPS) is 20.1.